The highest BCUT2D eigenvalue weighted by molar-refractivity contribution is 5.94. The second-order valence-corrected chi connectivity index (χ2v) is 5.51. The summed E-state index contributed by atoms with van der Waals surface area (Å²) in [5, 5.41) is 3.42. The molecule has 5 nitrogen and oxygen atoms in total. The molecule has 0 saturated carbocycles. The van der Waals surface area contributed by atoms with E-state index in [0.717, 1.165) is 12.1 Å². The van der Waals surface area contributed by atoms with Crippen LogP contribution in [0.5, 0.6) is 0 Å². The number of rotatable bonds is 2. The lowest BCUT2D eigenvalue weighted by molar-refractivity contribution is 0.0700. The first kappa shape index (κ1) is 14.5. The molecule has 2 aromatic rings. The van der Waals surface area contributed by atoms with Crippen LogP contribution in [0.1, 0.15) is 22.0 Å². The number of benzene rings is 1. The number of aryl methyl sites for hydroxylation is 1. The van der Waals surface area contributed by atoms with Gasteiger partial charge in [0, 0.05) is 38.9 Å². The van der Waals surface area contributed by atoms with Crippen LogP contribution in [0, 0.1) is 0 Å². The molecule has 1 aromatic heterocycles. The standard InChI is InChI=1S/C17H19N3O2/c1-19-10-5-8-14(16(19)21)17(22)20-11-9-18-15(12-20)13-6-3-2-4-7-13/h2-8,10,15,18H,9,11-12H2,1H3. The Hall–Kier alpha value is -2.40. The van der Waals surface area contributed by atoms with Crippen molar-refractivity contribution in [3.8, 4) is 0 Å². The molecule has 0 radical (unpaired) electrons. The molecule has 0 bridgehead atoms. The Morgan fingerprint density at radius 3 is 2.73 bits per heavy atom. The molecule has 1 aliphatic rings. The van der Waals surface area contributed by atoms with Crippen molar-refractivity contribution in [1.82, 2.24) is 14.8 Å². The van der Waals surface area contributed by atoms with E-state index >= 15 is 0 Å². The highest BCUT2D eigenvalue weighted by atomic mass is 16.2. The van der Waals surface area contributed by atoms with E-state index in [0.29, 0.717) is 13.1 Å². The zero-order valence-electron chi connectivity index (χ0n) is 12.5. The third-order valence-corrected chi connectivity index (χ3v) is 4.02. The van der Waals surface area contributed by atoms with Gasteiger partial charge in [0.1, 0.15) is 5.56 Å². The monoisotopic (exact) mass is 297 g/mol. The first-order valence-corrected chi connectivity index (χ1v) is 7.40. The van der Waals surface area contributed by atoms with Gasteiger partial charge in [0.05, 0.1) is 0 Å². The highest BCUT2D eigenvalue weighted by Gasteiger charge is 2.26. The van der Waals surface area contributed by atoms with Crippen molar-refractivity contribution in [3.05, 3.63) is 70.1 Å². The van der Waals surface area contributed by atoms with Crippen LogP contribution >= 0.6 is 0 Å². The fraction of sp³-hybridized carbons (Fsp3) is 0.294. The Kier molecular flexibility index (Phi) is 4.06. The fourth-order valence-electron chi connectivity index (χ4n) is 2.77. The number of carbonyl (C=O) groups is 1. The Labute approximate surface area is 129 Å². The molecule has 1 unspecified atom stereocenters. The number of hydrogen-bond donors (Lipinski definition) is 1. The van der Waals surface area contributed by atoms with Gasteiger partial charge in [0.25, 0.3) is 11.5 Å². The molecular weight excluding hydrogens is 278 g/mol. The third kappa shape index (κ3) is 2.80. The van der Waals surface area contributed by atoms with Crippen LogP contribution in [0.4, 0.5) is 0 Å². The molecule has 1 saturated heterocycles. The number of aromatic nitrogens is 1. The molecular formula is C17H19N3O2. The molecule has 1 amide bonds. The zero-order valence-corrected chi connectivity index (χ0v) is 12.5. The lowest BCUT2D eigenvalue weighted by Crippen LogP contribution is -2.49. The molecule has 1 N–H and O–H groups in total. The van der Waals surface area contributed by atoms with Crippen molar-refractivity contribution >= 4 is 5.91 Å². The van der Waals surface area contributed by atoms with E-state index in [-0.39, 0.29) is 23.1 Å². The molecule has 1 aliphatic heterocycles. The van der Waals surface area contributed by atoms with E-state index in [1.807, 2.05) is 30.3 Å². The zero-order chi connectivity index (χ0) is 15.5. The Morgan fingerprint density at radius 2 is 1.95 bits per heavy atom. The highest BCUT2D eigenvalue weighted by Crippen LogP contribution is 2.17. The summed E-state index contributed by atoms with van der Waals surface area (Å²) < 4.78 is 1.43. The van der Waals surface area contributed by atoms with Gasteiger partial charge in [-0.3, -0.25) is 9.59 Å². The Balaban J connectivity index is 1.81. The van der Waals surface area contributed by atoms with Gasteiger partial charge in [-0.2, -0.15) is 0 Å². The quantitative estimate of drug-likeness (QED) is 0.905. The van der Waals surface area contributed by atoms with Crippen molar-refractivity contribution in [2.24, 2.45) is 7.05 Å². The smallest absolute Gasteiger partial charge is 0.263 e. The Morgan fingerprint density at radius 1 is 1.18 bits per heavy atom. The van der Waals surface area contributed by atoms with E-state index in [4.69, 9.17) is 0 Å². The summed E-state index contributed by atoms with van der Waals surface area (Å²) in [6.07, 6.45) is 1.66. The van der Waals surface area contributed by atoms with Gasteiger partial charge in [-0.25, -0.2) is 0 Å². The summed E-state index contributed by atoms with van der Waals surface area (Å²) in [5.41, 5.74) is 1.14. The average molecular weight is 297 g/mol. The van der Waals surface area contributed by atoms with Crippen molar-refractivity contribution in [1.29, 1.82) is 0 Å². The minimum Gasteiger partial charge on any atom is -0.335 e. The fourth-order valence-corrected chi connectivity index (χ4v) is 2.77. The van der Waals surface area contributed by atoms with Gasteiger partial charge < -0.3 is 14.8 Å². The van der Waals surface area contributed by atoms with E-state index in [1.165, 1.54) is 4.57 Å². The lowest BCUT2D eigenvalue weighted by Gasteiger charge is -2.34. The summed E-state index contributed by atoms with van der Waals surface area (Å²) in [6.45, 7) is 1.90. The third-order valence-electron chi connectivity index (χ3n) is 4.02. The van der Waals surface area contributed by atoms with E-state index < -0.39 is 0 Å². The second-order valence-electron chi connectivity index (χ2n) is 5.51. The van der Waals surface area contributed by atoms with Gasteiger partial charge in [0.15, 0.2) is 0 Å². The van der Waals surface area contributed by atoms with Crippen LogP contribution in [-0.4, -0.2) is 35.0 Å². The van der Waals surface area contributed by atoms with Crippen LogP contribution in [0.15, 0.2) is 53.5 Å². The topological polar surface area (TPSA) is 54.3 Å². The van der Waals surface area contributed by atoms with Gasteiger partial charge in [-0.1, -0.05) is 30.3 Å². The molecule has 5 heteroatoms. The number of nitrogens with zero attached hydrogens (tertiary/aromatic N) is 2. The minimum absolute atomic E-state index is 0.103. The van der Waals surface area contributed by atoms with E-state index in [9.17, 15) is 9.59 Å². The molecule has 22 heavy (non-hydrogen) atoms. The summed E-state index contributed by atoms with van der Waals surface area (Å²) in [7, 11) is 1.66. The summed E-state index contributed by atoms with van der Waals surface area (Å²) in [5.74, 6) is -0.191. The number of hydrogen-bond acceptors (Lipinski definition) is 3. The molecule has 1 fully saturated rings. The predicted molar refractivity (Wildman–Crippen MR) is 84.8 cm³/mol. The number of piperazine rings is 1. The second kappa shape index (κ2) is 6.15. The maximum Gasteiger partial charge on any atom is 0.263 e. The SMILES string of the molecule is Cn1cccc(C(=O)N2CCNC(c3ccccc3)C2)c1=O. The molecule has 114 valence electrons. The maximum atomic E-state index is 12.6. The van der Waals surface area contributed by atoms with Crippen molar-refractivity contribution in [2.45, 2.75) is 6.04 Å². The first-order valence-electron chi connectivity index (χ1n) is 7.40. The van der Waals surface area contributed by atoms with Crippen molar-refractivity contribution in [2.75, 3.05) is 19.6 Å². The summed E-state index contributed by atoms with van der Waals surface area (Å²) >= 11 is 0. The van der Waals surface area contributed by atoms with Crippen LogP contribution in [-0.2, 0) is 7.05 Å². The summed E-state index contributed by atoms with van der Waals surface area (Å²) in [6, 6.07) is 13.5. The van der Waals surface area contributed by atoms with E-state index in [2.05, 4.69) is 5.32 Å². The van der Waals surface area contributed by atoms with Crippen molar-refractivity contribution < 1.29 is 4.79 Å². The van der Waals surface area contributed by atoms with E-state index in [1.54, 1.807) is 30.3 Å². The predicted octanol–water partition coefficient (Wildman–Crippen LogP) is 1.17. The van der Waals surface area contributed by atoms with Gasteiger partial charge in [-0.15, -0.1) is 0 Å². The molecule has 2 heterocycles. The molecule has 1 atom stereocenters. The molecule has 1 aromatic carbocycles. The van der Waals surface area contributed by atoms with Crippen LogP contribution in [0.3, 0.4) is 0 Å². The van der Waals surface area contributed by atoms with Gasteiger partial charge in [-0.05, 0) is 17.7 Å². The molecule has 0 spiro atoms. The first-order chi connectivity index (χ1) is 10.7. The molecule has 3 rings (SSSR count). The van der Waals surface area contributed by atoms with Crippen LogP contribution in [0.25, 0.3) is 0 Å². The van der Waals surface area contributed by atoms with Crippen molar-refractivity contribution in [3.63, 3.8) is 0 Å². The van der Waals surface area contributed by atoms with Crippen LogP contribution in [0.2, 0.25) is 0 Å². The largest absolute Gasteiger partial charge is 0.335 e. The number of carbonyl (C=O) groups excluding carboxylic acids is 1. The number of pyridine rings is 1. The Bertz CT molecular complexity index is 724. The maximum absolute atomic E-state index is 12.6. The van der Waals surface area contributed by atoms with Gasteiger partial charge >= 0.3 is 0 Å². The average Bonchev–Trinajstić information content (AvgIpc) is 2.58. The summed E-state index contributed by atoms with van der Waals surface area (Å²) in [4.78, 5) is 26.5. The molecule has 0 aliphatic carbocycles. The van der Waals surface area contributed by atoms with Gasteiger partial charge in [0.2, 0.25) is 0 Å². The lowest BCUT2D eigenvalue weighted by atomic mass is 10.0. The van der Waals surface area contributed by atoms with Crippen LogP contribution < -0.4 is 10.9 Å². The number of nitrogens with one attached hydrogen (secondary N) is 1. The number of amides is 1. The normalized spacial score (nSPS) is 18.2. The minimum atomic E-state index is -0.248.